The van der Waals surface area contributed by atoms with Crippen molar-refractivity contribution in [3.63, 3.8) is 0 Å². The van der Waals surface area contributed by atoms with Crippen molar-refractivity contribution in [3.8, 4) is 0 Å². The molecule has 0 aliphatic carbocycles. The number of nitrogens with two attached hydrogens (primary N) is 1. The second-order valence-electron chi connectivity index (χ2n) is 4.22. The lowest BCUT2D eigenvalue weighted by Gasteiger charge is -2.07. The van der Waals surface area contributed by atoms with E-state index in [0.717, 1.165) is 29.5 Å². The number of hydrogen-bond donors (Lipinski definition) is 1. The maximum Gasteiger partial charge on any atom is 0.177 e. The van der Waals surface area contributed by atoms with Crippen LogP contribution in [0.3, 0.4) is 0 Å². The van der Waals surface area contributed by atoms with Crippen LogP contribution in [0, 0.1) is 0 Å². The lowest BCUT2D eigenvalue weighted by Crippen LogP contribution is -2.03. The molecule has 1 heterocycles. The fraction of sp³-hybridized carbons (Fsp3) is 0.250. The van der Waals surface area contributed by atoms with Gasteiger partial charge in [0, 0.05) is 24.6 Å². The molecule has 1 aliphatic heterocycles. The molecule has 0 fully saturated rings. The summed E-state index contributed by atoms with van der Waals surface area (Å²) in [7, 11) is -3.29. The van der Waals surface area contributed by atoms with E-state index in [1.54, 1.807) is 18.3 Å². The van der Waals surface area contributed by atoms with E-state index in [-0.39, 0.29) is 10.6 Å². The summed E-state index contributed by atoms with van der Waals surface area (Å²) in [6, 6.07) is 5.06. The minimum Gasteiger partial charge on any atom is -0.398 e. The van der Waals surface area contributed by atoms with Gasteiger partial charge in [0.05, 0.1) is 10.6 Å². The van der Waals surface area contributed by atoms with Crippen molar-refractivity contribution >= 4 is 26.8 Å². The zero-order valence-corrected chi connectivity index (χ0v) is 10.6. The number of anilines is 1. The van der Waals surface area contributed by atoms with Gasteiger partial charge in [-0.25, -0.2) is 8.42 Å². The summed E-state index contributed by atoms with van der Waals surface area (Å²) in [4.78, 5) is 4.36. The van der Waals surface area contributed by atoms with Crippen molar-refractivity contribution in [3.05, 3.63) is 30.0 Å². The number of benzene rings is 1. The van der Waals surface area contributed by atoms with Crippen LogP contribution in [0.1, 0.15) is 18.9 Å². The van der Waals surface area contributed by atoms with Crippen LogP contribution in [0.2, 0.25) is 0 Å². The van der Waals surface area contributed by atoms with Gasteiger partial charge in [0.1, 0.15) is 0 Å². The molecule has 17 heavy (non-hydrogen) atoms. The molecule has 2 rings (SSSR count). The largest absolute Gasteiger partial charge is 0.398 e. The van der Waals surface area contributed by atoms with Crippen LogP contribution >= 0.6 is 0 Å². The first-order valence-corrected chi connectivity index (χ1v) is 7.09. The van der Waals surface area contributed by atoms with Gasteiger partial charge in [0.25, 0.3) is 0 Å². The summed E-state index contributed by atoms with van der Waals surface area (Å²) in [6.07, 6.45) is 3.69. The summed E-state index contributed by atoms with van der Waals surface area (Å²) < 4.78 is 23.1. The van der Waals surface area contributed by atoms with Gasteiger partial charge in [-0.1, -0.05) is 6.07 Å². The van der Waals surface area contributed by atoms with Gasteiger partial charge in [-0.3, -0.25) is 4.99 Å². The van der Waals surface area contributed by atoms with E-state index in [4.69, 9.17) is 5.73 Å². The summed E-state index contributed by atoms with van der Waals surface area (Å²) in [5.74, 6) is 0. The van der Waals surface area contributed by atoms with Crippen LogP contribution in [0.5, 0.6) is 0 Å². The quantitative estimate of drug-likeness (QED) is 0.814. The SMILES string of the molecule is CC1=NC=C(c2ccc(N)c(S(C)(=O)=O)c2)C1. The van der Waals surface area contributed by atoms with E-state index < -0.39 is 9.84 Å². The molecule has 4 nitrogen and oxygen atoms in total. The zero-order chi connectivity index (χ0) is 12.6. The van der Waals surface area contributed by atoms with Crippen LogP contribution < -0.4 is 5.73 Å². The first kappa shape index (κ1) is 11.9. The third-order valence-electron chi connectivity index (χ3n) is 2.67. The molecular formula is C12H14N2O2S. The van der Waals surface area contributed by atoms with Crippen LogP contribution in [0.15, 0.2) is 34.3 Å². The summed E-state index contributed by atoms with van der Waals surface area (Å²) >= 11 is 0. The Balaban J connectivity index is 2.47. The molecule has 0 amide bonds. The number of aliphatic imine (C=N–C) groups is 1. The van der Waals surface area contributed by atoms with Crippen molar-refractivity contribution in [1.29, 1.82) is 0 Å². The average molecular weight is 250 g/mol. The fourth-order valence-corrected chi connectivity index (χ4v) is 2.62. The number of nitrogen functional groups attached to an aromatic ring is 1. The summed E-state index contributed by atoms with van der Waals surface area (Å²) in [6.45, 7) is 1.94. The molecule has 0 saturated heterocycles. The van der Waals surface area contributed by atoms with E-state index in [1.807, 2.05) is 13.0 Å². The van der Waals surface area contributed by atoms with Gasteiger partial charge >= 0.3 is 0 Å². The van der Waals surface area contributed by atoms with E-state index in [9.17, 15) is 8.42 Å². The Hall–Kier alpha value is -1.62. The van der Waals surface area contributed by atoms with Gasteiger partial charge in [-0.2, -0.15) is 0 Å². The minimum absolute atomic E-state index is 0.181. The van der Waals surface area contributed by atoms with Gasteiger partial charge < -0.3 is 5.73 Å². The van der Waals surface area contributed by atoms with E-state index in [1.165, 1.54) is 0 Å². The van der Waals surface area contributed by atoms with Crippen molar-refractivity contribution in [2.45, 2.75) is 18.2 Å². The molecule has 2 N–H and O–H groups in total. The first-order valence-electron chi connectivity index (χ1n) is 5.20. The second kappa shape index (κ2) is 4.00. The van der Waals surface area contributed by atoms with E-state index in [2.05, 4.69) is 4.99 Å². The Morgan fingerprint density at radius 3 is 2.59 bits per heavy atom. The molecule has 0 unspecified atom stereocenters. The Bertz CT molecular complexity index is 628. The molecule has 0 atom stereocenters. The Morgan fingerprint density at radius 1 is 1.35 bits per heavy atom. The lowest BCUT2D eigenvalue weighted by molar-refractivity contribution is 0.602. The Labute approximate surface area is 101 Å². The monoisotopic (exact) mass is 250 g/mol. The van der Waals surface area contributed by atoms with Crippen molar-refractivity contribution in [2.75, 3.05) is 12.0 Å². The van der Waals surface area contributed by atoms with Crippen molar-refractivity contribution in [1.82, 2.24) is 0 Å². The molecule has 1 aromatic rings. The van der Waals surface area contributed by atoms with Gasteiger partial charge in [0.15, 0.2) is 9.84 Å². The number of sulfone groups is 1. The topological polar surface area (TPSA) is 72.5 Å². The second-order valence-corrected chi connectivity index (χ2v) is 6.20. The Morgan fingerprint density at radius 2 is 2.06 bits per heavy atom. The highest BCUT2D eigenvalue weighted by Crippen LogP contribution is 2.28. The number of nitrogens with zero attached hydrogens (tertiary/aromatic N) is 1. The molecule has 0 radical (unpaired) electrons. The predicted molar refractivity (Wildman–Crippen MR) is 69.7 cm³/mol. The maximum absolute atomic E-state index is 11.6. The van der Waals surface area contributed by atoms with E-state index >= 15 is 0 Å². The van der Waals surface area contributed by atoms with Gasteiger partial charge in [-0.15, -0.1) is 0 Å². The smallest absolute Gasteiger partial charge is 0.177 e. The third-order valence-corrected chi connectivity index (χ3v) is 3.82. The van der Waals surface area contributed by atoms with Crippen LogP contribution in [-0.4, -0.2) is 20.4 Å². The van der Waals surface area contributed by atoms with Gasteiger partial charge in [0.2, 0.25) is 0 Å². The highest BCUT2D eigenvalue weighted by Gasteiger charge is 2.15. The van der Waals surface area contributed by atoms with E-state index in [0.29, 0.717) is 0 Å². The molecule has 1 aromatic carbocycles. The molecule has 0 bridgehead atoms. The fourth-order valence-electron chi connectivity index (χ4n) is 1.79. The molecule has 0 aromatic heterocycles. The van der Waals surface area contributed by atoms with Crippen LogP contribution in [0.25, 0.3) is 5.57 Å². The minimum atomic E-state index is -3.29. The molecule has 5 heteroatoms. The number of hydrogen-bond acceptors (Lipinski definition) is 4. The van der Waals surface area contributed by atoms with Crippen molar-refractivity contribution in [2.24, 2.45) is 4.99 Å². The normalized spacial score (nSPS) is 15.6. The molecular weight excluding hydrogens is 236 g/mol. The average Bonchev–Trinajstić information content (AvgIpc) is 2.64. The first-order chi connectivity index (χ1) is 7.88. The lowest BCUT2D eigenvalue weighted by atomic mass is 10.0. The van der Waals surface area contributed by atoms with Gasteiger partial charge in [-0.05, 0) is 30.2 Å². The number of allylic oxidation sites excluding steroid dienone is 1. The molecule has 0 saturated carbocycles. The highest BCUT2D eigenvalue weighted by molar-refractivity contribution is 7.90. The zero-order valence-electron chi connectivity index (χ0n) is 9.77. The number of rotatable bonds is 2. The standard InChI is InChI=1S/C12H14N2O2S/c1-8-5-10(7-14-8)9-3-4-11(13)12(6-9)17(2,15)16/h3-4,6-7H,5,13H2,1-2H3. The van der Waals surface area contributed by atoms with Crippen LogP contribution in [-0.2, 0) is 9.84 Å². The maximum atomic E-state index is 11.6. The summed E-state index contributed by atoms with van der Waals surface area (Å²) in [5, 5.41) is 0. The molecule has 1 aliphatic rings. The molecule has 0 spiro atoms. The third kappa shape index (κ3) is 2.39. The summed E-state index contributed by atoms with van der Waals surface area (Å²) in [5.41, 5.74) is 8.87. The van der Waals surface area contributed by atoms with Crippen LogP contribution in [0.4, 0.5) is 5.69 Å². The van der Waals surface area contributed by atoms with Crippen molar-refractivity contribution < 1.29 is 8.42 Å². The predicted octanol–water partition coefficient (Wildman–Crippen LogP) is 1.88. The highest BCUT2D eigenvalue weighted by atomic mass is 32.2. The molecule has 90 valence electrons. The Kier molecular flexibility index (Phi) is 2.79.